The number of hydrogen-bond acceptors (Lipinski definition) is 6. The molecule has 1 aromatic carbocycles. The van der Waals surface area contributed by atoms with Gasteiger partial charge in [-0.3, -0.25) is 4.79 Å². The molecule has 0 spiro atoms. The molecule has 0 unspecified atom stereocenters. The van der Waals surface area contributed by atoms with Gasteiger partial charge in [-0.1, -0.05) is 13.8 Å². The van der Waals surface area contributed by atoms with E-state index >= 15 is 0 Å². The van der Waals surface area contributed by atoms with Crippen molar-refractivity contribution in [3.63, 3.8) is 0 Å². The summed E-state index contributed by atoms with van der Waals surface area (Å²) in [6.45, 7) is 4.24. The molecule has 1 aliphatic rings. The topological polar surface area (TPSA) is 124 Å². The van der Waals surface area contributed by atoms with Crippen LogP contribution < -0.4 is 5.32 Å². The molecular formula is C16H25N3O6S2. The first kappa shape index (κ1) is 21.6. The van der Waals surface area contributed by atoms with Crippen LogP contribution in [-0.2, 0) is 24.8 Å². The van der Waals surface area contributed by atoms with Gasteiger partial charge in [-0.15, -0.1) is 0 Å². The van der Waals surface area contributed by atoms with Gasteiger partial charge < -0.3 is 10.4 Å². The van der Waals surface area contributed by atoms with Crippen LogP contribution in [0.1, 0.15) is 26.7 Å². The number of phenolic OH excluding ortho intramolecular Hbond substituents is 1. The number of phenols is 1. The average Bonchev–Trinajstić information content (AvgIpc) is 3.07. The van der Waals surface area contributed by atoms with E-state index in [9.17, 15) is 26.7 Å². The van der Waals surface area contributed by atoms with E-state index in [1.807, 2.05) is 0 Å². The third kappa shape index (κ3) is 4.60. The lowest BCUT2D eigenvalue weighted by Gasteiger charge is -2.22. The third-order valence-corrected chi connectivity index (χ3v) is 7.84. The number of carbonyl (C=O) groups excluding carboxylic acids is 1. The van der Waals surface area contributed by atoms with Crippen molar-refractivity contribution in [1.82, 2.24) is 8.61 Å². The smallest absolute Gasteiger partial charge is 0.243 e. The van der Waals surface area contributed by atoms with Gasteiger partial charge in [-0.05, 0) is 31.0 Å². The standard InChI is InChI=1S/C16H25N3O6S2/c1-4-18(5-2)27(24,25)12-8-9-15(20)13(11-12)17-16(21)14-7-6-10-19(14)26(3,22)23/h8-9,11,14,20H,4-7,10H2,1-3H3,(H,17,21)/t14-/m1/s1. The van der Waals surface area contributed by atoms with Gasteiger partial charge in [0.05, 0.1) is 16.8 Å². The average molecular weight is 420 g/mol. The molecule has 0 aliphatic carbocycles. The van der Waals surface area contributed by atoms with Crippen molar-refractivity contribution in [2.45, 2.75) is 37.6 Å². The Hall–Kier alpha value is -1.69. The van der Waals surface area contributed by atoms with Crippen LogP contribution in [0.3, 0.4) is 0 Å². The summed E-state index contributed by atoms with van der Waals surface area (Å²) in [7, 11) is -7.31. The fourth-order valence-corrected chi connectivity index (χ4v) is 5.71. The largest absolute Gasteiger partial charge is 0.506 e. The monoisotopic (exact) mass is 419 g/mol. The van der Waals surface area contributed by atoms with Crippen LogP contribution in [0.4, 0.5) is 5.69 Å². The number of rotatable bonds is 7. The molecule has 2 N–H and O–H groups in total. The van der Waals surface area contributed by atoms with Gasteiger partial charge >= 0.3 is 0 Å². The Morgan fingerprint density at radius 1 is 1.26 bits per heavy atom. The molecule has 0 bridgehead atoms. The van der Waals surface area contributed by atoms with Crippen LogP contribution in [-0.4, -0.2) is 68.4 Å². The molecule has 1 amide bonds. The lowest BCUT2D eigenvalue weighted by atomic mass is 10.2. The summed E-state index contributed by atoms with van der Waals surface area (Å²) in [5.41, 5.74) is -0.0754. The van der Waals surface area contributed by atoms with E-state index < -0.39 is 32.0 Å². The molecule has 0 radical (unpaired) electrons. The van der Waals surface area contributed by atoms with Crippen LogP contribution in [0.2, 0.25) is 0 Å². The summed E-state index contributed by atoms with van der Waals surface area (Å²) >= 11 is 0. The van der Waals surface area contributed by atoms with Crippen LogP contribution in [0.5, 0.6) is 5.75 Å². The maximum Gasteiger partial charge on any atom is 0.243 e. The molecule has 0 aromatic heterocycles. The molecule has 0 saturated carbocycles. The van der Waals surface area contributed by atoms with Crippen molar-refractivity contribution in [2.24, 2.45) is 0 Å². The predicted octanol–water partition coefficient (Wildman–Crippen LogP) is 0.785. The van der Waals surface area contributed by atoms with Crippen molar-refractivity contribution >= 4 is 31.6 Å². The van der Waals surface area contributed by atoms with Crippen molar-refractivity contribution in [3.05, 3.63) is 18.2 Å². The van der Waals surface area contributed by atoms with Crippen molar-refractivity contribution in [2.75, 3.05) is 31.2 Å². The molecule has 9 nitrogen and oxygen atoms in total. The molecule has 1 saturated heterocycles. The van der Waals surface area contributed by atoms with Gasteiger partial charge in [0.2, 0.25) is 26.0 Å². The van der Waals surface area contributed by atoms with E-state index in [0.717, 1.165) is 10.6 Å². The van der Waals surface area contributed by atoms with Gasteiger partial charge in [0.15, 0.2) is 0 Å². The number of nitrogens with one attached hydrogen (secondary N) is 1. The fraction of sp³-hybridized carbons (Fsp3) is 0.562. The maximum absolute atomic E-state index is 12.6. The highest BCUT2D eigenvalue weighted by Crippen LogP contribution is 2.29. The number of aromatic hydroxyl groups is 1. The molecule has 1 atom stereocenters. The second-order valence-corrected chi connectivity index (χ2v) is 10.2. The first-order chi connectivity index (χ1) is 12.5. The zero-order valence-corrected chi connectivity index (χ0v) is 17.2. The van der Waals surface area contributed by atoms with Crippen LogP contribution in [0.25, 0.3) is 0 Å². The van der Waals surface area contributed by atoms with Gasteiger partial charge in [0.25, 0.3) is 0 Å². The number of anilines is 1. The van der Waals surface area contributed by atoms with E-state index in [0.29, 0.717) is 12.8 Å². The summed E-state index contributed by atoms with van der Waals surface area (Å²) in [6, 6.07) is 2.74. The number of nitrogens with zero attached hydrogens (tertiary/aromatic N) is 2. The zero-order chi connectivity index (χ0) is 20.4. The molecule has 1 fully saturated rings. The van der Waals surface area contributed by atoms with Crippen molar-refractivity contribution < 1.29 is 26.7 Å². The minimum Gasteiger partial charge on any atom is -0.506 e. The highest BCUT2D eigenvalue weighted by atomic mass is 32.2. The van der Waals surface area contributed by atoms with Crippen LogP contribution >= 0.6 is 0 Å². The molecule has 27 heavy (non-hydrogen) atoms. The number of carbonyl (C=O) groups is 1. The lowest BCUT2D eigenvalue weighted by Crippen LogP contribution is -2.42. The fourth-order valence-electron chi connectivity index (χ4n) is 3.10. The Kier molecular flexibility index (Phi) is 6.51. The number of benzene rings is 1. The summed E-state index contributed by atoms with van der Waals surface area (Å²) in [6.07, 6.45) is 1.94. The molecule has 152 valence electrons. The minimum atomic E-state index is -3.76. The highest BCUT2D eigenvalue weighted by Gasteiger charge is 2.36. The Balaban J connectivity index is 2.31. The minimum absolute atomic E-state index is 0.0642. The highest BCUT2D eigenvalue weighted by molar-refractivity contribution is 7.89. The Morgan fingerprint density at radius 2 is 1.89 bits per heavy atom. The second kappa shape index (κ2) is 8.13. The van der Waals surface area contributed by atoms with Gasteiger partial charge in [0, 0.05) is 19.6 Å². The number of amides is 1. The Bertz CT molecular complexity index is 910. The zero-order valence-electron chi connectivity index (χ0n) is 15.5. The van der Waals surface area contributed by atoms with Crippen LogP contribution in [0, 0.1) is 0 Å². The van der Waals surface area contributed by atoms with E-state index in [4.69, 9.17) is 0 Å². The summed E-state index contributed by atoms with van der Waals surface area (Å²) in [4.78, 5) is 12.5. The summed E-state index contributed by atoms with van der Waals surface area (Å²) < 4.78 is 51.2. The van der Waals surface area contributed by atoms with E-state index in [-0.39, 0.29) is 36.0 Å². The van der Waals surface area contributed by atoms with Crippen LogP contribution in [0.15, 0.2) is 23.1 Å². The molecule has 1 aromatic rings. The quantitative estimate of drug-likeness (QED) is 0.630. The number of hydrogen-bond donors (Lipinski definition) is 2. The van der Waals surface area contributed by atoms with Crippen molar-refractivity contribution in [1.29, 1.82) is 0 Å². The van der Waals surface area contributed by atoms with E-state index in [1.54, 1.807) is 13.8 Å². The molecule has 2 rings (SSSR count). The Labute approximate surface area is 160 Å². The lowest BCUT2D eigenvalue weighted by molar-refractivity contribution is -0.119. The first-order valence-corrected chi connectivity index (χ1v) is 11.9. The summed E-state index contributed by atoms with van der Waals surface area (Å²) in [5.74, 6) is -0.906. The first-order valence-electron chi connectivity index (χ1n) is 8.63. The number of sulfonamides is 2. The van der Waals surface area contributed by atoms with Gasteiger partial charge in [0.1, 0.15) is 11.8 Å². The predicted molar refractivity (Wildman–Crippen MR) is 101 cm³/mol. The normalized spacial score (nSPS) is 18.7. The molecular weight excluding hydrogens is 394 g/mol. The van der Waals surface area contributed by atoms with E-state index in [1.165, 1.54) is 22.5 Å². The molecule has 11 heteroatoms. The van der Waals surface area contributed by atoms with E-state index in [2.05, 4.69) is 5.32 Å². The third-order valence-electron chi connectivity index (χ3n) is 4.50. The molecule has 1 aliphatic heterocycles. The molecule has 1 heterocycles. The van der Waals surface area contributed by atoms with Gasteiger partial charge in [-0.25, -0.2) is 16.8 Å². The summed E-state index contributed by atoms with van der Waals surface area (Å²) in [5, 5.41) is 12.5. The van der Waals surface area contributed by atoms with Crippen molar-refractivity contribution in [3.8, 4) is 5.75 Å². The van der Waals surface area contributed by atoms with Gasteiger partial charge in [-0.2, -0.15) is 8.61 Å². The SMILES string of the molecule is CCN(CC)S(=O)(=O)c1ccc(O)c(NC(=O)[C@H]2CCCN2S(C)(=O)=O)c1. The maximum atomic E-state index is 12.6. The Morgan fingerprint density at radius 3 is 2.44 bits per heavy atom. The second-order valence-electron chi connectivity index (χ2n) is 6.29.